The molecule has 0 heterocycles. The zero-order valence-corrected chi connectivity index (χ0v) is 8.73. The first-order valence-corrected chi connectivity index (χ1v) is 4.54. The number of nitrogens with zero attached hydrogens (tertiary/aromatic N) is 1. The summed E-state index contributed by atoms with van der Waals surface area (Å²) in [7, 11) is 3.31. The molecule has 0 rings (SSSR count). The molecular formula is C7H15N3O2S. The van der Waals surface area contributed by atoms with Gasteiger partial charge < -0.3 is 15.5 Å². The maximum atomic E-state index is 10.9. The largest absolute Gasteiger partial charge is 0.354 e. The highest BCUT2D eigenvalue weighted by atomic mass is 32.1. The van der Waals surface area contributed by atoms with Crippen LogP contribution in [0.1, 0.15) is 0 Å². The number of hydrogen-bond acceptors (Lipinski definition) is 3. The summed E-state index contributed by atoms with van der Waals surface area (Å²) in [5, 5.41) is 5.19. The van der Waals surface area contributed by atoms with E-state index in [0.29, 0.717) is 13.1 Å². The van der Waals surface area contributed by atoms with Crippen LogP contribution in [-0.4, -0.2) is 49.8 Å². The van der Waals surface area contributed by atoms with Crippen molar-refractivity contribution in [3.05, 3.63) is 0 Å². The Hall–Kier alpha value is -0.910. The summed E-state index contributed by atoms with van der Waals surface area (Å²) in [6.45, 7) is 0.857. The number of amides is 3. The van der Waals surface area contributed by atoms with Crippen molar-refractivity contribution in [1.82, 2.24) is 15.5 Å². The van der Waals surface area contributed by atoms with Crippen molar-refractivity contribution in [2.24, 2.45) is 0 Å². The monoisotopic (exact) mass is 205 g/mol. The van der Waals surface area contributed by atoms with Gasteiger partial charge in [-0.05, 0) is 0 Å². The predicted molar refractivity (Wildman–Crippen MR) is 53.9 cm³/mol. The third kappa shape index (κ3) is 6.27. The molecule has 2 N–H and O–H groups in total. The lowest BCUT2D eigenvalue weighted by atomic mass is 10.5. The van der Waals surface area contributed by atoms with Gasteiger partial charge in [0.15, 0.2) is 0 Å². The summed E-state index contributed by atoms with van der Waals surface area (Å²) in [4.78, 5) is 23.1. The first-order chi connectivity index (χ1) is 6.07. The molecule has 3 amide bonds. The van der Waals surface area contributed by atoms with Crippen LogP contribution < -0.4 is 10.6 Å². The summed E-state index contributed by atoms with van der Waals surface area (Å²) < 4.78 is 0. The van der Waals surface area contributed by atoms with Gasteiger partial charge in [0.25, 0.3) is 0 Å². The van der Waals surface area contributed by atoms with Gasteiger partial charge in [0, 0.05) is 27.2 Å². The lowest BCUT2D eigenvalue weighted by Gasteiger charge is -2.11. The first kappa shape index (κ1) is 12.1. The Kier molecular flexibility index (Phi) is 6.13. The summed E-state index contributed by atoms with van der Waals surface area (Å²) >= 11 is 3.78. The molecule has 0 aromatic heterocycles. The summed E-state index contributed by atoms with van der Waals surface area (Å²) in [6.07, 6.45) is 0. The topological polar surface area (TPSA) is 61.4 Å². The van der Waals surface area contributed by atoms with Crippen molar-refractivity contribution < 1.29 is 9.59 Å². The van der Waals surface area contributed by atoms with Crippen molar-refractivity contribution in [3.8, 4) is 0 Å². The van der Waals surface area contributed by atoms with Crippen molar-refractivity contribution in [1.29, 1.82) is 0 Å². The molecule has 0 aromatic carbocycles. The van der Waals surface area contributed by atoms with Gasteiger partial charge in [-0.25, -0.2) is 4.79 Å². The fourth-order valence-corrected chi connectivity index (χ4v) is 0.697. The first-order valence-electron chi connectivity index (χ1n) is 3.90. The molecule has 0 radical (unpaired) electrons. The lowest BCUT2D eigenvalue weighted by Crippen LogP contribution is -2.39. The van der Waals surface area contributed by atoms with Crippen LogP contribution in [0.2, 0.25) is 0 Å². The van der Waals surface area contributed by atoms with Gasteiger partial charge in [0.1, 0.15) is 0 Å². The molecule has 0 bridgehead atoms. The molecule has 0 aromatic rings. The van der Waals surface area contributed by atoms with Gasteiger partial charge in [-0.15, -0.1) is 0 Å². The van der Waals surface area contributed by atoms with Crippen LogP contribution in [0.25, 0.3) is 0 Å². The number of hydrogen-bond donors (Lipinski definition) is 3. The van der Waals surface area contributed by atoms with Crippen LogP contribution in [0.4, 0.5) is 4.79 Å². The minimum absolute atomic E-state index is 0.137. The maximum absolute atomic E-state index is 10.9. The van der Waals surface area contributed by atoms with Crippen molar-refractivity contribution >= 4 is 24.6 Å². The Morgan fingerprint density at radius 2 is 1.77 bits per heavy atom. The number of thiol groups is 1. The molecule has 0 unspecified atom stereocenters. The summed E-state index contributed by atoms with van der Waals surface area (Å²) in [5.41, 5.74) is 0. The standard InChI is InChI=1S/C7H15N3O2S/c1-10(2)7(12)9-4-3-8-6(11)5-13/h13H,3-5H2,1-2H3,(H,8,11)(H,9,12). The molecule has 6 heteroatoms. The molecule has 0 fully saturated rings. The van der Waals surface area contributed by atoms with E-state index < -0.39 is 0 Å². The van der Waals surface area contributed by atoms with Crippen LogP contribution in [0, 0.1) is 0 Å². The van der Waals surface area contributed by atoms with E-state index in [0.717, 1.165) is 0 Å². The second-order valence-corrected chi connectivity index (χ2v) is 2.95. The maximum Gasteiger partial charge on any atom is 0.316 e. The van der Waals surface area contributed by atoms with E-state index >= 15 is 0 Å². The van der Waals surface area contributed by atoms with Gasteiger partial charge in [-0.2, -0.15) is 12.6 Å². The number of urea groups is 1. The molecule has 0 saturated carbocycles. The minimum atomic E-state index is -0.167. The highest BCUT2D eigenvalue weighted by molar-refractivity contribution is 7.81. The van der Waals surface area contributed by atoms with Crippen LogP contribution >= 0.6 is 12.6 Å². The SMILES string of the molecule is CN(C)C(=O)NCCNC(=O)CS. The van der Waals surface area contributed by atoms with E-state index in [-0.39, 0.29) is 17.7 Å². The zero-order chi connectivity index (χ0) is 10.3. The van der Waals surface area contributed by atoms with Gasteiger partial charge in [0.05, 0.1) is 5.75 Å². The Balaban J connectivity index is 3.36. The van der Waals surface area contributed by atoms with E-state index in [2.05, 4.69) is 23.3 Å². The number of carbonyl (C=O) groups is 2. The Morgan fingerprint density at radius 1 is 1.23 bits per heavy atom. The molecular weight excluding hydrogens is 190 g/mol. The second kappa shape index (κ2) is 6.59. The normalized spacial score (nSPS) is 9.15. The Bertz CT molecular complexity index is 185. The van der Waals surface area contributed by atoms with Gasteiger partial charge in [-0.1, -0.05) is 0 Å². The molecule has 0 aliphatic heterocycles. The highest BCUT2D eigenvalue weighted by Gasteiger charge is 2.01. The predicted octanol–water partition coefficient (Wildman–Crippen LogP) is -0.696. The Morgan fingerprint density at radius 3 is 2.23 bits per heavy atom. The van der Waals surface area contributed by atoms with E-state index in [4.69, 9.17) is 0 Å². The van der Waals surface area contributed by atoms with Gasteiger partial charge in [-0.3, -0.25) is 4.79 Å². The van der Waals surface area contributed by atoms with E-state index in [1.807, 2.05) is 0 Å². The summed E-state index contributed by atoms with van der Waals surface area (Å²) in [5.74, 6) is 0.0316. The van der Waals surface area contributed by atoms with Crippen LogP contribution in [0.3, 0.4) is 0 Å². The molecule has 13 heavy (non-hydrogen) atoms. The van der Waals surface area contributed by atoms with Crippen molar-refractivity contribution in [2.45, 2.75) is 0 Å². The van der Waals surface area contributed by atoms with Crippen molar-refractivity contribution in [3.63, 3.8) is 0 Å². The highest BCUT2D eigenvalue weighted by Crippen LogP contribution is 1.75. The van der Waals surface area contributed by atoms with Gasteiger partial charge in [0.2, 0.25) is 5.91 Å². The average Bonchev–Trinajstić information content (AvgIpc) is 2.11. The van der Waals surface area contributed by atoms with Gasteiger partial charge >= 0.3 is 6.03 Å². The third-order valence-corrected chi connectivity index (χ3v) is 1.56. The van der Waals surface area contributed by atoms with E-state index in [1.54, 1.807) is 14.1 Å². The van der Waals surface area contributed by atoms with Crippen LogP contribution in [0.15, 0.2) is 0 Å². The fourth-order valence-electron chi connectivity index (χ4n) is 0.585. The number of nitrogens with one attached hydrogen (secondary N) is 2. The molecule has 76 valence electrons. The third-order valence-electron chi connectivity index (χ3n) is 1.27. The molecule has 0 spiro atoms. The second-order valence-electron chi connectivity index (χ2n) is 2.63. The number of rotatable bonds is 4. The average molecular weight is 205 g/mol. The minimum Gasteiger partial charge on any atom is -0.354 e. The molecule has 0 atom stereocenters. The molecule has 5 nitrogen and oxygen atoms in total. The molecule has 0 aliphatic rings. The van der Waals surface area contributed by atoms with Crippen LogP contribution in [0.5, 0.6) is 0 Å². The zero-order valence-electron chi connectivity index (χ0n) is 7.83. The molecule has 0 saturated heterocycles. The van der Waals surface area contributed by atoms with E-state index in [1.165, 1.54) is 4.90 Å². The number of carbonyl (C=O) groups excluding carboxylic acids is 2. The summed E-state index contributed by atoms with van der Waals surface area (Å²) in [6, 6.07) is -0.167. The Labute approximate surface area is 83.3 Å². The quantitative estimate of drug-likeness (QED) is 0.420. The molecule has 0 aliphatic carbocycles. The fraction of sp³-hybridized carbons (Fsp3) is 0.714. The van der Waals surface area contributed by atoms with Crippen LogP contribution in [-0.2, 0) is 4.79 Å². The lowest BCUT2D eigenvalue weighted by molar-refractivity contribution is -0.118. The van der Waals surface area contributed by atoms with E-state index in [9.17, 15) is 9.59 Å². The smallest absolute Gasteiger partial charge is 0.316 e. The van der Waals surface area contributed by atoms with Crippen molar-refractivity contribution in [2.75, 3.05) is 32.9 Å².